The van der Waals surface area contributed by atoms with E-state index in [9.17, 15) is 9.59 Å². The van der Waals surface area contributed by atoms with Gasteiger partial charge in [-0.05, 0) is 60.7 Å². The van der Waals surface area contributed by atoms with Crippen molar-refractivity contribution in [3.8, 4) is 11.5 Å². The first kappa shape index (κ1) is 19.5. The third-order valence-electron chi connectivity index (χ3n) is 3.76. The topological polar surface area (TPSA) is 97.2 Å². The number of nitrogens with zero attached hydrogens (tertiary/aromatic N) is 1. The Kier molecular flexibility index (Phi) is 6.00. The Bertz CT molecular complexity index is 984. The molecule has 1 saturated heterocycles. The average Bonchev–Trinajstić information content (AvgIpc) is 3.02. The van der Waals surface area contributed by atoms with E-state index in [1.807, 2.05) is 13.0 Å². The van der Waals surface area contributed by atoms with Crippen molar-refractivity contribution in [2.75, 3.05) is 13.7 Å². The van der Waals surface area contributed by atoms with E-state index < -0.39 is 5.97 Å². The second kappa shape index (κ2) is 8.62. The molecule has 2 aromatic rings. The number of carboxylic acid groups (broad SMARTS) is 1. The maximum absolute atomic E-state index is 12.2. The van der Waals surface area contributed by atoms with E-state index in [4.69, 9.17) is 14.6 Å². The van der Waals surface area contributed by atoms with E-state index in [2.05, 4.69) is 10.3 Å². The highest BCUT2D eigenvalue weighted by Gasteiger charge is 2.24. The minimum Gasteiger partial charge on any atom is -0.493 e. The standard InChI is InChI=1S/C20H18N2O5S/c1-3-27-15-8-7-12(9-16(15)26-2)10-17-18(23)22-20(28-17)21-14-6-4-5-13(11-14)19(24)25/h4-11H,3H2,1-2H3,(H,24,25)(H,21,22,23)/b17-10-. The summed E-state index contributed by atoms with van der Waals surface area (Å²) in [5.74, 6) is -0.0867. The molecule has 8 heteroatoms. The Hall–Kier alpha value is -3.26. The zero-order valence-electron chi connectivity index (χ0n) is 15.3. The molecule has 2 aromatic carbocycles. The van der Waals surface area contributed by atoms with Crippen LogP contribution in [0.5, 0.6) is 11.5 Å². The number of hydrogen-bond acceptors (Lipinski definition) is 6. The van der Waals surface area contributed by atoms with Crippen molar-refractivity contribution in [1.82, 2.24) is 5.32 Å². The first-order valence-corrected chi connectivity index (χ1v) is 9.25. The van der Waals surface area contributed by atoms with Gasteiger partial charge in [-0.25, -0.2) is 9.79 Å². The number of amides is 1. The molecule has 1 fully saturated rings. The molecule has 7 nitrogen and oxygen atoms in total. The van der Waals surface area contributed by atoms with Gasteiger partial charge in [-0.1, -0.05) is 12.1 Å². The minimum atomic E-state index is -1.03. The monoisotopic (exact) mass is 398 g/mol. The summed E-state index contributed by atoms with van der Waals surface area (Å²) in [5.41, 5.74) is 1.37. The molecule has 0 atom stereocenters. The van der Waals surface area contributed by atoms with E-state index in [1.54, 1.807) is 37.5 Å². The predicted molar refractivity (Wildman–Crippen MR) is 108 cm³/mol. The van der Waals surface area contributed by atoms with Crippen LogP contribution in [0.3, 0.4) is 0 Å². The van der Waals surface area contributed by atoms with Crippen LogP contribution in [0.1, 0.15) is 22.8 Å². The Morgan fingerprint density at radius 3 is 2.79 bits per heavy atom. The third-order valence-corrected chi connectivity index (χ3v) is 4.67. The number of hydrogen-bond donors (Lipinski definition) is 2. The van der Waals surface area contributed by atoms with Crippen LogP contribution in [0, 0.1) is 0 Å². The molecule has 0 unspecified atom stereocenters. The number of methoxy groups -OCH3 is 1. The van der Waals surface area contributed by atoms with Crippen LogP contribution in [-0.4, -0.2) is 35.9 Å². The molecule has 28 heavy (non-hydrogen) atoms. The number of carbonyl (C=O) groups excluding carboxylic acids is 1. The summed E-state index contributed by atoms with van der Waals surface area (Å²) >= 11 is 1.18. The van der Waals surface area contributed by atoms with Gasteiger partial charge in [0.05, 0.1) is 29.9 Å². The number of amidine groups is 1. The van der Waals surface area contributed by atoms with Gasteiger partial charge in [0.25, 0.3) is 5.91 Å². The van der Waals surface area contributed by atoms with Gasteiger partial charge in [-0.3, -0.25) is 4.79 Å². The quantitative estimate of drug-likeness (QED) is 0.721. The summed E-state index contributed by atoms with van der Waals surface area (Å²) in [5, 5.41) is 12.1. The van der Waals surface area contributed by atoms with Crippen molar-refractivity contribution in [3.63, 3.8) is 0 Å². The van der Waals surface area contributed by atoms with Crippen molar-refractivity contribution in [2.45, 2.75) is 6.92 Å². The smallest absolute Gasteiger partial charge is 0.335 e. The molecule has 1 heterocycles. The molecular formula is C20H18N2O5S. The molecule has 1 amide bonds. The predicted octanol–water partition coefficient (Wildman–Crippen LogP) is 3.68. The number of nitrogens with one attached hydrogen (secondary N) is 1. The summed E-state index contributed by atoms with van der Waals surface area (Å²) < 4.78 is 10.8. The number of thioether (sulfide) groups is 1. The van der Waals surface area contributed by atoms with Crippen molar-refractivity contribution in [1.29, 1.82) is 0 Å². The van der Waals surface area contributed by atoms with Crippen LogP contribution in [-0.2, 0) is 4.79 Å². The van der Waals surface area contributed by atoms with Gasteiger partial charge in [-0.15, -0.1) is 0 Å². The van der Waals surface area contributed by atoms with Crippen molar-refractivity contribution in [2.24, 2.45) is 4.99 Å². The zero-order valence-corrected chi connectivity index (χ0v) is 16.1. The Morgan fingerprint density at radius 2 is 2.07 bits per heavy atom. The number of aliphatic imine (C=N–C) groups is 1. The Morgan fingerprint density at radius 1 is 1.25 bits per heavy atom. The highest BCUT2D eigenvalue weighted by molar-refractivity contribution is 8.18. The van der Waals surface area contributed by atoms with Crippen LogP contribution in [0.25, 0.3) is 6.08 Å². The molecule has 1 aliphatic heterocycles. The summed E-state index contributed by atoms with van der Waals surface area (Å²) in [7, 11) is 1.56. The van der Waals surface area contributed by atoms with Gasteiger partial charge >= 0.3 is 5.97 Å². The number of benzene rings is 2. The van der Waals surface area contributed by atoms with E-state index in [0.29, 0.717) is 33.9 Å². The number of rotatable bonds is 6. The lowest BCUT2D eigenvalue weighted by molar-refractivity contribution is -0.115. The summed E-state index contributed by atoms with van der Waals surface area (Å²) in [4.78, 5) is 28.1. The molecule has 0 radical (unpaired) electrons. The molecule has 3 rings (SSSR count). The van der Waals surface area contributed by atoms with E-state index >= 15 is 0 Å². The van der Waals surface area contributed by atoms with Crippen molar-refractivity contribution < 1.29 is 24.2 Å². The zero-order chi connectivity index (χ0) is 20.1. The fourth-order valence-corrected chi connectivity index (χ4v) is 3.35. The number of carboxylic acids is 1. The maximum Gasteiger partial charge on any atom is 0.335 e. The van der Waals surface area contributed by atoms with Crippen LogP contribution in [0.15, 0.2) is 52.4 Å². The van der Waals surface area contributed by atoms with Gasteiger partial charge < -0.3 is 19.9 Å². The molecule has 0 spiro atoms. The number of aromatic carboxylic acids is 1. The Balaban J connectivity index is 1.82. The minimum absolute atomic E-state index is 0.133. The fourth-order valence-electron chi connectivity index (χ4n) is 2.51. The van der Waals surface area contributed by atoms with Gasteiger partial charge in [0.1, 0.15) is 0 Å². The molecule has 0 saturated carbocycles. The average molecular weight is 398 g/mol. The highest BCUT2D eigenvalue weighted by Crippen LogP contribution is 2.32. The number of ether oxygens (including phenoxy) is 2. The van der Waals surface area contributed by atoms with Gasteiger partial charge in [0.2, 0.25) is 0 Å². The summed E-state index contributed by atoms with van der Waals surface area (Å²) in [6, 6.07) is 11.6. The van der Waals surface area contributed by atoms with Crippen molar-refractivity contribution >= 4 is 40.6 Å². The fraction of sp³-hybridized carbons (Fsp3) is 0.150. The van der Waals surface area contributed by atoms with Crippen molar-refractivity contribution in [3.05, 3.63) is 58.5 Å². The van der Waals surface area contributed by atoms with Crippen LogP contribution >= 0.6 is 11.8 Å². The molecule has 0 bridgehead atoms. The lowest BCUT2D eigenvalue weighted by atomic mass is 10.2. The van der Waals surface area contributed by atoms with Gasteiger partial charge in [0, 0.05) is 0 Å². The van der Waals surface area contributed by atoms with Gasteiger partial charge in [0.15, 0.2) is 16.7 Å². The van der Waals surface area contributed by atoms with E-state index in [1.165, 1.54) is 23.9 Å². The lowest BCUT2D eigenvalue weighted by Crippen LogP contribution is -2.19. The SMILES string of the molecule is CCOc1ccc(/C=C2\SC(=Nc3cccc(C(=O)O)c3)NC2=O)cc1OC. The summed E-state index contributed by atoms with van der Waals surface area (Å²) in [6.45, 7) is 2.42. The first-order chi connectivity index (χ1) is 13.5. The Labute approximate surface area is 166 Å². The molecule has 0 aromatic heterocycles. The highest BCUT2D eigenvalue weighted by atomic mass is 32.2. The molecular weight excluding hydrogens is 380 g/mol. The largest absolute Gasteiger partial charge is 0.493 e. The van der Waals surface area contributed by atoms with Crippen LogP contribution in [0.2, 0.25) is 0 Å². The first-order valence-electron chi connectivity index (χ1n) is 8.44. The van der Waals surface area contributed by atoms with Crippen LogP contribution < -0.4 is 14.8 Å². The molecule has 1 aliphatic rings. The lowest BCUT2D eigenvalue weighted by Gasteiger charge is -2.09. The third kappa shape index (κ3) is 4.52. The van der Waals surface area contributed by atoms with Crippen LogP contribution in [0.4, 0.5) is 5.69 Å². The van der Waals surface area contributed by atoms with E-state index in [0.717, 1.165) is 5.56 Å². The molecule has 2 N–H and O–H groups in total. The second-order valence-electron chi connectivity index (χ2n) is 5.68. The normalized spacial score (nSPS) is 16.3. The molecule has 144 valence electrons. The van der Waals surface area contributed by atoms with E-state index in [-0.39, 0.29) is 11.5 Å². The maximum atomic E-state index is 12.2. The number of carbonyl (C=O) groups is 2. The summed E-state index contributed by atoms with van der Waals surface area (Å²) in [6.07, 6.45) is 1.73. The van der Waals surface area contributed by atoms with Gasteiger partial charge in [-0.2, -0.15) is 0 Å². The second-order valence-corrected chi connectivity index (χ2v) is 6.71. The molecule has 0 aliphatic carbocycles.